The summed E-state index contributed by atoms with van der Waals surface area (Å²) >= 11 is 0.0497. The van der Waals surface area contributed by atoms with Gasteiger partial charge in [0, 0.05) is 0 Å². The number of hydrogen-bond acceptors (Lipinski definition) is 5. The Bertz CT molecular complexity index is 543. The van der Waals surface area contributed by atoms with E-state index in [0.717, 1.165) is 0 Å². The van der Waals surface area contributed by atoms with Crippen molar-refractivity contribution < 1.29 is 48.7 Å². The summed E-state index contributed by atoms with van der Waals surface area (Å²) in [5.41, 5.74) is -1.22. The summed E-state index contributed by atoms with van der Waals surface area (Å²) in [5.74, 6) is -1.47. The van der Waals surface area contributed by atoms with E-state index in [1.807, 2.05) is 0 Å². The summed E-state index contributed by atoms with van der Waals surface area (Å²) in [6.45, 7) is 0.0617. The van der Waals surface area contributed by atoms with Crippen molar-refractivity contribution >= 4 is 17.8 Å². The van der Waals surface area contributed by atoms with Gasteiger partial charge >= 0.3 is 138 Å². The Morgan fingerprint density at radius 2 is 1.71 bits per heavy atom. The number of carbonyl (C=O) groups is 3. The van der Waals surface area contributed by atoms with Crippen LogP contribution >= 0.6 is 0 Å². The van der Waals surface area contributed by atoms with Crippen molar-refractivity contribution in [3.8, 4) is 0 Å². The molecule has 0 saturated carbocycles. The number of amides is 4. The van der Waals surface area contributed by atoms with Gasteiger partial charge in [-0.3, -0.25) is 0 Å². The SMILES string of the molecule is O=C1NC(=O)C(CC(O)C[O][Hg])(c2ccccc2)C(=O)N1. The minimum atomic E-state index is -1.64. The fourth-order valence-electron chi connectivity index (χ4n) is 2.39. The van der Waals surface area contributed by atoms with Gasteiger partial charge in [-0.05, 0) is 0 Å². The zero-order chi connectivity index (χ0) is 15.5. The van der Waals surface area contributed by atoms with Crippen LogP contribution < -0.4 is 10.6 Å². The molecule has 0 radical (unpaired) electrons. The third-order valence-corrected chi connectivity index (χ3v) is 4.26. The molecule has 107 valence electrons. The van der Waals surface area contributed by atoms with E-state index in [0.29, 0.717) is 5.56 Å². The van der Waals surface area contributed by atoms with Crippen LogP contribution in [0.4, 0.5) is 4.79 Å². The Morgan fingerprint density at radius 1 is 1.14 bits per heavy atom. The van der Waals surface area contributed by atoms with Crippen molar-refractivity contribution in [3.63, 3.8) is 0 Å². The molecule has 1 aliphatic heterocycles. The van der Waals surface area contributed by atoms with Gasteiger partial charge in [-0.25, -0.2) is 0 Å². The molecule has 8 heteroatoms. The second kappa shape index (κ2) is 6.63. The van der Waals surface area contributed by atoms with Gasteiger partial charge in [0.2, 0.25) is 0 Å². The minimum absolute atomic E-state index is 0.0497. The molecule has 1 unspecified atom stereocenters. The molecule has 0 bridgehead atoms. The van der Waals surface area contributed by atoms with E-state index in [1.165, 1.54) is 0 Å². The maximum atomic E-state index is 12.3. The number of carbonyl (C=O) groups excluding carboxylic acids is 3. The van der Waals surface area contributed by atoms with Crippen LogP contribution in [-0.4, -0.2) is 35.7 Å². The second-order valence-corrected chi connectivity index (χ2v) is 6.32. The van der Waals surface area contributed by atoms with Gasteiger partial charge in [0.05, 0.1) is 0 Å². The summed E-state index contributed by atoms with van der Waals surface area (Å²) in [6.07, 6.45) is -1.13. The molecule has 0 aliphatic carbocycles. The number of urea groups is 1. The van der Waals surface area contributed by atoms with Crippen LogP contribution in [0.5, 0.6) is 0 Å². The summed E-state index contributed by atoms with van der Waals surface area (Å²) in [6, 6.07) is 7.51. The molecule has 1 heterocycles. The Hall–Kier alpha value is -1.31. The second-order valence-electron chi connectivity index (χ2n) is 4.74. The van der Waals surface area contributed by atoms with Crippen molar-refractivity contribution in [1.82, 2.24) is 10.6 Å². The first kappa shape index (κ1) is 16.1. The fourth-order valence-corrected chi connectivity index (χ4v) is 3.45. The van der Waals surface area contributed by atoms with Gasteiger partial charge < -0.3 is 0 Å². The summed E-state index contributed by atoms with van der Waals surface area (Å²) in [7, 11) is 0. The molecule has 1 atom stereocenters. The number of nitrogens with one attached hydrogen (secondary N) is 2. The Morgan fingerprint density at radius 3 is 2.24 bits per heavy atom. The number of benzene rings is 1. The molecule has 0 aromatic heterocycles. The molecule has 21 heavy (non-hydrogen) atoms. The number of barbiturate groups is 1. The molecule has 1 aromatic carbocycles. The first-order chi connectivity index (χ1) is 10.0. The third kappa shape index (κ3) is 3.14. The monoisotopic (exact) mass is 479 g/mol. The standard InChI is InChI=1S/C13H13N2O5.Hg/c16-7-9(17)6-13(8-4-2-1-3-5-8)10(18)14-12(20)15-11(13)19;/h1-5,9,17H,6-7H2,(H2,14,15,18,19,20);/q-1;+1. The van der Waals surface area contributed by atoms with Gasteiger partial charge in [-0.15, -0.1) is 0 Å². The summed E-state index contributed by atoms with van der Waals surface area (Å²) in [5, 5.41) is 14.2. The topological polar surface area (TPSA) is 105 Å². The molecule has 1 aromatic rings. The average Bonchev–Trinajstić information content (AvgIpc) is 2.44. The summed E-state index contributed by atoms with van der Waals surface area (Å²) in [4.78, 5) is 36.0. The van der Waals surface area contributed by atoms with Crippen LogP contribution in [0.15, 0.2) is 30.3 Å². The average molecular weight is 478 g/mol. The predicted molar refractivity (Wildman–Crippen MR) is 66.4 cm³/mol. The van der Waals surface area contributed by atoms with E-state index in [9.17, 15) is 19.5 Å². The molecule has 3 N–H and O–H groups in total. The number of aliphatic hydroxyl groups excluding tert-OH is 1. The predicted octanol–water partition coefficient (Wildman–Crippen LogP) is -0.480. The molecule has 1 aliphatic rings. The van der Waals surface area contributed by atoms with Crippen molar-refractivity contribution in [2.75, 3.05) is 6.61 Å². The van der Waals surface area contributed by atoms with Crippen LogP contribution in [-0.2, 0) is 44.2 Å². The van der Waals surface area contributed by atoms with Crippen LogP contribution in [0.1, 0.15) is 12.0 Å². The quantitative estimate of drug-likeness (QED) is 0.392. The van der Waals surface area contributed by atoms with Gasteiger partial charge in [0.25, 0.3) is 0 Å². The fraction of sp³-hybridized carbons (Fsp3) is 0.308. The van der Waals surface area contributed by atoms with E-state index in [-0.39, 0.29) is 39.6 Å². The van der Waals surface area contributed by atoms with Crippen molar-refractivity contribution in [3.05, 3.63) is 35.9 Å². The van der Waals surface area contributed by atoms with E-state index < -0.39 is 29.4 Å². The zero-order valence-corrected chi connectivity index (χ0v) is 16.7. The Balaban J connectivity index is 2.46. The molecular formula is C13H13HgN2O5. The Labute approximate surface area is 137 Å². The molecule has 7 nitrogen and oxygen atoms in total. The van der Waals surface area contributed by atoms with Gasteiger partial charge in [0.15, 0.2) is 0 Å². The first-order valence-electron chi connectivity index (χ1n) is 6.28. The normalized spacial score (nSPS) is 18.9. The van der Waals surface area contributed by atoms with Gasteiger partial charge in [0.1, 0.15) is 0 Å². The molecule has 1 saturated heterocycles. The molecule has 0 spiro atoms. The van der Waals surface area contributed by atoms with Crippen molar-refractivity contribution in [2.24, 2.45) is 0 Å². The number of aliphatic hydroxyl groups is 1. The molecular weight excluding hydrogens is 465 g/mol. The van der Waals surface area contributed by atoms with Crippen LogP contribution in [0.25, 0.3) is 0 Å². The zero-order valence-electron chi connectivity index (χ0n) is 11.2. The number of rotatable bonds is 5. The van der Waals surface area contributed by atoms with E-state index >= 15 is 0 Å². The third-order valence-electron chi connectivity index (χ3n) is 3.35. The van der Waals surface area contributed by atoms with Crippen LogP contribution in [0, 0.1) is 0 Å². The van der Waals surface area contributed by atoms with Crippen molar-refractivity contribution in [1.29, 1.82) is 0 Å². The Kier molecular flexibility index (Phi) is 5.07. The molecule has 2 rings (SSSR count). The number of hydrogen-bond donors (Lipinski definition) is 3. The number of imide groups is 2. The van der Waals surface area contributed by atoms with Crippen molar-refractivity contribution in [2.45, 2.75) is 17.9 Å². The van der Waals surface area contributed by atoms with E-state index in [2.05, 4.69) is 10.6 Å². The van der Waals surface area contributed by atoms with Gasteiger partial charge in [-0.1, -0.05) is 0 Å². The van der Waals surface area contributed by atoms with E-state index in [4.69, 9.17) is 2.64 Å². The molecule has 4 amide bonds. The van der Waals surface area contributed by atoms with E-state index in [1.54, 1.807) is 30.3 Å². The molecule has 1 fully saturated rings. The van der Waals surface area contributed by atoms with Gasteiger partial charge in [-0.2, -0.15) is 0 Å². The maximum absolute atomic E-state index is 12.3. The first-order valence-corrected chi connectivity index (χ1v) is 8.52. The summed E-state index contributed by atoms with van der Waals surface area (Å²) < 4.78 is 5.03. The van der Waals surface area contributed by atoms with Crippen LogP contribution in [0.2, 0.25) is 0 Å². The van der Waals surface area contributed by atoms with Crippen LogP contribution in [0.3, 0.4) is 0 Å².